The van der Waals surface area contributed by atoms with Crippen LogP contribution in [0.1, 0.15) is 29.5 Å². The Hall–Kier alpha value is -3.00. The molecule has 4 nitrogen and oxygen atoms in total. The number of carbonyl (C=O) groups is 2. The zero-order chi connectivity index (χ0) is 16.9. The number of fused-ring (bicyclic) bond motifs is 2. The SMILES string of the molecule is [B]NC(=O)CCC(=O)N1Cc2ccccc2C#Cc2ccccc21. The Bertz CT molecular complexity index is 852. The number of nitrogens with one attached hydrogen (secondary N) is 1. The minimum absolute atomic E-state index is 0.0569. The van der Waals surface area contributed by atoms with Gasteiger partial charge in [0, 0.05) is 24.0 Å². The molecule has 0 unspecified atom stereocenters. The molecule has 3 rings (SSSR count). The van der Waals surface area contributed by atoms with Gasteiger partial charge in [-0.25, -0.2) is 0 Å². The lowest BCUT2D eigenvalue weighted by Crippen LogP contribution is -2.33. The smallest absolute Gasteiger partial charge is 0.227 e. The Balaban J connectivity index is 1.98. The number of carbonyl (C=O) groups excluding carboxylic acids is 2. The van der Waals surface area contributed by atoms with E-state index in [1.807, 2.05) is 53.8 Å². The molecule has 1 aliphatic rings. The van der Waals surface area contributed by atoms with Crippen LogP contribution < -0.4 is 10.1 Å². The molecular formula is C19H15BN2O2. The van der Waals surface area contributed by atoms with Gasteiger partial charge in [0.1, 0.15) is 0 Å². The third-order valence-corrected chi connectivity index (χ3v) is 3.90. The normalized spacial score (nSPS) is 11.9. The van der Waals surface area contributed by atoms with Crippen molar-refractivity contribution in [3.8, 4) is 11.8 Å². The highest BCUT2D eigenvalue weighted by Gasteiger charge is 2.21. The summed E-state index contributed by atoms with van der Waals surface area (Å²) < 4.78 is 0. The topological polar surface area (TPSA) is 49.4 Å². The van der Waals surface area contributed by atoms with Crippen molar-refractivity contribution in [2.45, 2.75) is 19.4 Å². The zero-order valence-electron chi connectivity index (χ0n) is 13.1. The lowest BCUT2D eigenvalue weighted by atomic mass is 10.0. The van der Waals surface area contributed by atoms with Crippen LogP contribution in [0.25, 0.3) is 0 Å². The Morgan fingerprint density at radius 2 is 1.67 bits per heavy atom. The van der Waals surface area contributed by atoms with E-state index < -0.39 is 0 Å². The Kier molecular flexibility index (Phi) is 4.67. The summed E-state index contributed by atoms with van der Waals surface area (Å²) in [6.45, 7) is 0.422. The number of hydrogen-bond acceptors (Lipinski definition) is 2. The molecule has 1 aliphatic heterocycles. The molecule has 2 aromatic rings. The third-order valence-electron chi connectivity index (χ3n) is 3.90. The number of nitrogens with zero attached hydrogens (tertiary/aromatic N) is 1. The first-order valence-corrected chi connectivity index (χ1v) is 7.68. The van der Waals surface area contributed by atoms with Gasteiger partial charge in [0.15, 0.2) is 0 Å². The molecule has 2 aromatic carbocycles. The molecule has 1 heterocycles. The molecule has 0 atom stereocenters. The first-order chi connectivity index (χ1) is 11.7. The van der Waals surface area contributed by atoms with Crippen molar-refractivity contribution in [3.63, 3.8) is 0 Å². The first-order valence-electron chi connectivity index (χ1n) is 7.68. The molecule has 0 saturated heterocycles. The van der Waals surface area contributed by atoms with Crippen LogP contribution in [0.15, 0.2) is 48.5 Å². The van der Waals surface area contributed by atoms with Gasteiger partial charge in [-0.3, -0.25) is 9.59 Å². The quantitative estimate of drug-likeness (QED) is 0.695. The second-order valence-electron chi connectivity index (χ2n) is 5.47. The summed E-state index contributed by atoms with van der Waals surface area (Å²) in [5.41, 5.74) is 3.45. The van der Waals surface area contributed by atoms with Crippen molar-refractivity contribution in [1.29, 1.82) is 0 Å². The van der Waals surface area contributed by atoms with Crippen LogP contribution in [0, 0.1) is 11.8 Å². The van der Waals surface area contributed by atoms with Crippen molar-refractivity contribution in [1.82, 2.24) is 5.23 Å². The van der Waals surface area contributed by atoms with Gasteiger partial charge in [-0.2, -0.15) is 0 Å². The van der Waals surface area contributed by atoms with Crippen LogP contribution in [0.5, 0.6) is 0 Å². The molecule has 0 saturated carbocycles. The van der Waals surface area contributed by atoms with E-state index in [0.29, 0.717) is 6.54 Å². The summed E-state index contributed by atoms with van der Waals surface area (Å²) in [4.78, 5) is 25.7. The summed E-state index contributed by atoms with van der Waals surface area (Å²) >= 11 is 0. The number of benzene rings is 2. The third kappa shape index (κ3) is 3.33. The van der Waals surface area contributed by atoms with Crippen LogP contribution in [0.4, 0.5) is 5.69 Å². The van der Waals surface area contributed by atoms with Gasteiger partial charge in [-0.15, -0.1) is 0 Å². The van der Waals surface area contributed by atoms with Crippen molar-refractivity contribution in [2.75, 3.05) is 4.90 Å². The Labute approximate surface area is 142 Å². The average molecular weight is 314 g/mol. The fourth-order valence-electron chi connectivity index (χ4n) is 2.64. The van der Waals surface area contributed by atoms with Crippen LogP contribution in [-0.2, 0) is 16.1 Å². The molecule has 2 amide bonds. The lowest BCUT2D eigenvalue weighted by Gasteiger charge is -2.26. The van der Waals surface area contributed by atoms with Gasteiger partial charge >= 0.3 is 0 Å². The molecule has 116 valence electrons. The predicted molar refractivity (Wildman–Crippen MR) is 93.2 cm³/mol. The minimum Gasteiger partial charge on any atom is -0.409 e. The van der Waals surface area contributed by atoms with E-state index in [2.05, 4.69) is 11.8 Å². The molecule has 0 fully saturated rings. The molecule has 2 radical (unpaired) electrons. The van der Waals surface area contributed by atoms with Crippen LogP contribution in [0.2, 0.25) is 0 Å². The summed E-state index contributed by atoms with van der Waals surface area (Å²) in [6.07, 6.45) is 0.147. The van der Waals surface area contributed by atoms with Gasteiger partial charge in [0.25, 0.3) is 0 Å². The fourth-order valence-corrected chi connectivity index (χ4v) is 2.64. The molecule has 0 aliphatic carbocycles. The molecule has 5 heteroatoms. The summed E-state index contributed by atoms with van der Waals surface area (Å²) in [6, 6.07) is 15.3. The number of para-hydroxylation sites is 1. The van der Waals surface area contributed by atoms with E-state index in [1.165, 1.54) is 0 Å². The minimum atomic E-state index is -0.358. The molecule has 24 heavy (non-hydrogen) atoms. The number of anilines is 1. The fraction of sp³-hybridized carbons (Fsp3) is 0.158. The molecule has 0 spiro atoms. The van der Waals surface area contributed by atoms with Crippen molar-refractivity contribution in [3.05, 3.63) is 65.2 Å². The van der Waals surface area contributed by atoms with Gasteiger partial charge < -0.3 is 10.1 Å². The Morgan fingerprint density at radius 1 is 1.00 bits per heavy atom. The second-order valence-corrected chi connectivity index (χ2v) is 5.47. The maximum absolute atomic E-state index is 12.7. The monoisotopic (exact) mass is 314 g/mol. The van der Waals surface area contributed by atoms with Crippen molar-refractivity contribution in [2.24, 2.45) is 0 Å². The number of amides is 2. The van der Waals surface area contributed by atoms with Crippen LogP contribution in [0.3, 0.4) is 0 Å². The van der Waals surface area contributed by atoms with Gasteiger partial charge in [-0.05, 0) is 23.8 Å². The first kappa shape index (κ1) is 15.9. The predicted octanol–water partition coefficient (Wildman–Crippen LogP) is 1.91. The van der Waals surface area contributed by atoms with Crippen LogP contribution in [-0.4, -0.2) is 19.8 Å². The average Bonchev–Trinajstić information content (AvgIpc) is 2.61. The lowest BCUT2D eigenvalue weighted by molar-refractivity contribution is -0.124. The zero-order valence-corrected chi connectivity index (χ0v) is 13.1. The summed E-state index contributed by atoms with van der Waals surface area (Å²) in [5, 5.41) is 2.05. The number of hydrogen-bond donors (Lipinski definition) is 1. The molecule has 1 N–H and O–H groups in total. The maximum Gasteiger partial charge on any atom is 0.227 e. The van der Waals surface area contributed by atoms with Gasteiger partial charge in [0.05, 0.1) is 12.2 Å². The highest BCUT2D eigenvalue weighted by Crippen LogP contribution is 2.26. The molecule has 0 bridgehead atoms. The second kappa shape index (κ2) is 7.05. The highest BCUT2D eigenvalue weighted by molar-refractivity contribution is 6.14. The van der Waals surface area contributed by atoms with Crippen molar-refractivity contribution < 1.29 is 9.59 Å². The van der Waals surface area contributed by atoms with E-state index in [1.54, 1.807) is 4.90 Å². The largest absolute Gasteiger partial charge is 0.409 e. The van der Waals surface area contributed by atoms with Crippen molar-refractivity contribution >= 4 is 25.5 Å². The van der Waals surface area contributed by atoms with E-state index in [-0.39, 0.29) is 24.7 Å². The highest BCUT2D eigenvalue weighted by atomic mass is 16.2. The van der Waals surface area contributed by atoms with E-state index >= 15 is 0 Å². The van der Waals surface area contributed by atoms with E-state index in [9.17, 15) is 9.59 Å². The van der Waals surface area contributed by atoms with Crippen LogP contribution >= 0.6 is 0 Å². The standard InChI is InChI=1S/C19H15BN2O2/c20-21-18(23)11-12-19(24)22-13-16-7-2-1-5-14(16)9-10-15-6-3-4-8-17(15)22/h1-8H,11-13H2,(H,21,23). The van der Waals surface area contributed by atoms with E-state index in [4.69, 9.17) is 7.98 Å². The number of rotatable bonds is 3. The molecule has 0 aromatic heterocycles. The maximum atomic E-state index is 12.7. The van der Waals surface area contributed by atoms with Gasteiger partial charge in [0.2, 0.25) is 19.8 Å². The Morgan fingerprint density at radius 3 is 2.46 bits per heavy atom. The summed E-state index contributed by atoms with van der Waals surface area (Å²) in [5.74, 6) is 5.82. The summed E-state index contributed by atoms with van der Waals surface area (Å²) in [7, 11) is 5.08. The van der Waals surface area contributed by atoms with E-state index in [0.717, 1.165) is 22.4 Å². The van der Waals surface area contributed by atoms with Gasteiger partial charge in [-0.1, -0.05) is 42.2 Å². The molecular weight excluding hydrogens is 299 g/mol.